The molecule has 0 saturated heterocycles. The van der Waals surface area contributed by atoms with Crippen LogP contribution in [0.1, 0.15) is 11.9 Å². The fourth-order valence-corrected chi connectivity index (χ4v) is 2.43. The molecule has 0 aliphatic heterocycles. The Hall–Kier alpha value is -3.49. The molecule has 1 atom stereocenters. The second kappa shape index (κ2) is 5.30. The van der Waals surface area contributed by atoms with Crippen LogP contribution in [0.15, 0.2) is 47.1 Å². The van der Waals surface area contributed by atoms with Crippen LogP contribution in [0, 0.1) is 0 Å². The van der Waals surface area contributed by atoms with Crippen molar-refractivity contribution in [2.45, 2.75) is 6.30 Å². The predicted octanol–water partition coefficient (Wildman–Crippen LogP) is 2.16. The molecule has 1 aromatic carbocycles. The summed E-state index contributed by atoms with van der Waals surface area (Å²) < 4.78 is 21.3. The quantitative estimate of drug-likeness (QED) is 0.553. The van der Waals surface area contributed by atoms with Crippen molar-refractivity contribution in [2.75, 3.05) is 11.5 Å². The molecule has 24 heavy (non-hydrogen) atoms. The van der Waals surface area contributed by atoms with Crippen molar-refractivity contribution < 1.29 is 8.81 Å². The summed E-state index contributed by atoms with van der Waals surface area (Å²) in [6, 6.07) is 9.86. The van der Waals surface area contributed by atoms with Crippen LogP contribution in [0.4, 0.5) is 16.0 Å². The minimum Gasteiger partial charge on any atom is -0.463 e. The molecular formula is C15H12FN7O. The maximum atomic E-state index is 14.9. The minimum atomic E-state index is -1.61. The van der Waals surface area contributed by atoms with Crippen LogP contribution >= 0.6 is 0 Å². The normalized spacial score (nSPS) is 12.5. The molecule has 0 bridgehead atoms. The predicted molar refractivity (Wildman–Crippen MR) is 85.3 cm³/mol. The molecule has 8 nitrogen and oxygen atoms in total. The summed E-state index contributed by atoms with van der Waals surface area (Å²) in [6.07, 6.45) is -0.119. The van der Waals surface area contributed by atoms with E-state index in [9.17, 15) is 4.39 Å². The van der Waals surface area contributed by atoms with Crippen LogP contribution in [0.3, 0.4) is 0 Å². The zero-order valence-corrected chi connectivity index (χ0v) is 12.3. The summed E-state index contributed by atoms with van der Waals surface area (Å²) in [5.74, 6) is 0.415. The fourth-order valence-electron chi connectivity index (χ4n) is 2.43. The van der Waals surface area contributed by atoms with Gasteiger partial charge >= 0.3 is 0 Å². The lowest BCUT2D eigenvalue weighted by Gasteiger charge is -2.09. The number of anilines is 2. The van der Waals surface area contributed by atoms with Gasteiger partial charge in [-0.15, -0.1) is 5.10 Å². The lowest BCUT2D eigenvalue weighted by atomic mass is 10.2. The first kappa shape index (κ1) is 14.1. The highest BCUT2D eigenvalue weighted by Gasteiger charge is 2.22. The van der Waals surface area contributed by atoms with E-state index in [1.165, 1.54) is 12.3 Å². The van der Waals surface area contributed by atoms with Crippen LogP contribution in [-0.4, -0.2) is 25.0 Å². The van der Waals surface area contributed by atoms with E-state index in [4.69, 9.17) is 15.9 Å². The number of alkyl halides is 1. The van der Waals surface area contributed by atoms with Gasteiger partial charge in [0.05, 0.1) is 6.26 Å². The number of furan rings is 1. The van der Waals surface area contributed by atoms with Crippen LogP contribution in [0.5, 0.6) is 0 Å². The number of nitrogen functional groups attached to an aromatic ring is 2. The largest absolute Gasteiger partial charge is 0.463 e. The van der Waals surface area contributed by atoms with E-state index in [2.05, 4.69) is 20.3 Å². The molecule has 0 fully saturated rings. The SMILES string of the molecule is Nc1cccc(C(F)n2nnc3c(-c4ccco4)nc(N)nc32)c1. The van der Waals surface area contributed by atoms with Gasteiger partial charge in [0, 0.05) is 11.3 Å². The molecule has 0 aliphatic rings. The number of halogens is 1. The van der Waals surface area contributed by atoms with Crippen molar-refractivity contribution in [1.29, 1.82) is 0 Å². The van der Waals surface area contributed by atoms with Gasteiger partial charge in [-0.05, 0) is 24.3 Å². The number of hydrogen-bond acceptors (Lipinski definition) is 7. The van der Waals surface area contributed by atoms with Crippen molar-refractivity contribution in [2.24, 2.45) is 0 Å². The van der Waals surface area contributed by atoms with E-state index >= 15 is 0 Å². The van der Waals surface area contributed by atoms with Crippen molar-refractivity contribution in [3.8, 4) is 11.5 Å². The van der Waals surface area contributed by atoms with Crippen LogP contribution in [0.25, 0.3) is 22.6 Å². The molecule has 0 aliphatic carbocycles. The number of nitrogens with two attached hydrogens (primary N) is 2. The third kappa shape index (κ3) is 2.22. The zero-order valence-electron chi connectivity index (χ0n) is 12.3. The molecule has 9 heteroatoms. The smallest absolute Gasteiger partial charge is 0.222 e. The summed E-state index contributed by atoms with van der Waals surface area (Å²) >= 11 is 0. The third-order valence-electron chi connectivity index (χ3n) is 3.50. The number of benzene rings is 1. The lowest BCUT2D eigenvalue weighted by Crippen LogP contribution is -2.09. The number of hydrogen-bond donors (Lipinski definition) is 2. The molecule has 4 aromatic rings. The van der Waals surface area contributed by atoms with Crippen molar-refractivity contribution in [3.05, 3.63) is 48.2 Å². The molecule has 0 radical (unpaired) electrons. The molecule has 0 amide bonds. The average molecular weight is 325 g/mol. The summed E-state index contributed by atoms with van der Waals surface area (Å²) in [5.41, 5.74) is 13.1. The summed E-state index contributed by atoms with van der Waals surface area (Å²) in [6.45, 7) is 0. The number of rotatable bonds is 3. The highest BCUT2D eigenvalue weighted by molar-refractivity contribution is 5.86. The number of fused-ring (bicyclic) bond motifs is 1. The second-order valence-electron chi connectivity index (χ2n) is 5.12. The topological polar surface area (TPSA) is 122 Å². The minimum absolute atomic E-state index is 0.0303. The van der Waals surface area contributed by atoms with Crippen molar-refractivity contribution >= 4 is 22.8 Å². The van der Waals surface area contributed by atoms with Crippen LogP contribution < -0.4 is 11.5 Å². The molecule has 120 valence electrons. The van der Waals surface area contributed by atoms with Gasteiger partial charge in [0.25, 0.3) is 0 Å². The first-order chi connectivity index (χ1) is 11.6. The molecule has 1 unspecified atom stereocenters. The van der Waals surface area contributed by atoms with Gasteiger partial charge in [0.15, 0.2) is 16.9 Å². The van der Waals surface area contributed by atoms with E-state index in [0.717, 1.165) is 4.68 Å². The molecule has 4 N–H and O–H groups in total. The summed E-state index contributed by atoms with van der Waals surface area (Å²) in [4.78, 5) is 8.18. The highest BCUT2D eigenvalue weighted by Crippen LogP contribution is 2.29. The molecule has 3 aromatic heterocycles. The monoisotopic (exact) mass is 325 g/mol. The van der Waals surface area contributed by atoms with E-state index in [1.54, 1.807) is 30.3 Å². The van der Waals surface area contributed by atoms with Gasteiger partial charge in [-0.2, -0.15) is 9.67 Å². The molecule has 0 saturated carbocycles. The first-order valence-corrected chi connectivity index (χ1v) is 7.05. The van der Waals surface area contributed by atoms with Crippen molar-refractivity contribution in [3.63, 3.8) is 0 Å². The molecule has 3 heterocycles. The Balaban J connectivity index is 1.89. The Kier molecular flexibility index (Phi) is 3.12. The van der Waals surface area contributed by atoms with Gasteiger partial charge in [0.1, 0.15) is 5.69 Å². The third-order valence-corrected chi connectivity index (χ3v) is 3.50. The number of aromatic nitrogens is 5. The Labute approximate surface area is 134 Å². The summed E-state index contributed by atoms with van der Waals surface area (Å²) in [5, 5.41) is 7.85. The molecule has 4 rings (SSSR count). The van der Waals surface area contributed by atoms with E-state index < -0.39 is 6.30 Å². The second-order valence-corrected chi connectivity index (χ2v) is 5.12. The van der Waals surface area contributed by atoms with Gasteiger partial charge in [-0.3, -0.25) is 0 Å². The maximum absolute atomic E-state index is 14.9. The van der Waals surface area contributed by atoms with Crippen molar-refractivity contribution in [1.82, 2.24) is 25.0 Å². The van der Waals surface area contributed by atoms with Gasteiger partial charge < -0.3 is 15.9 Å². The Morgan fingerprint density at radius 1 is 1.12 bits per heavy atom. The fraction of sp³-hybridized carbons (Fsp3) is 0.0667. The Morgan fingerprint density at radius 3 is 2.75 bits per heavy atom. The van der Waals surface area contributed by atoms with Crippen LogP contribution in [-0.2, 0) is 0 Å². The van der Waals surface area contributed by atoms with Gasteiger partial charge in [0.2, 0.25) is 12.2 Å². The van der Waals surface area contributed by atoms with Gasteiger partial charge in [-0.1, -0.05) is 17.3 Å². The zero-order chi connectivity index (χ0) is 16.7. The molecule has 0 spiro atoms. The lowest BCUT2D eigenvalue weighted by molar-refractivity contribution is 0.273. The first-order valence-electron chi connectivity index (χ1n) is 7.05. The molecular weight excluding hydrogens is 313 g/mol. The summed E-state index contributed by atoms with van der Waals surface area (Å²) in [7, 11) is 0. The van der Waals surface area contributed by atoms with E-state index in [-0.39, 0.29) is 11.6 Å². The highest BCUT2D eigenvalue weighted by atomic mass is 19.1. The maximum Gasteiger partial charge on any atom is 0.222 e. The van der Waals surface area contributed by atoms with E-state index in [1.807, 2.05) is 0 Å². The van der Waals surface area contributed by atoms with E-state index in [0.29, 0.717) is 28.2 Å². The Morgan fingerprint density at radius 2 is 2.00 bits per heavy atom. The number of nitrogens with zero attached hydrogens (tertiary/aromatic N) is 5. The Bertz CT molecular complexity index is 1010. The average Bonchev–Trinajstić information content (AvgIpc) is 3.23. The van der Waals surface area contributed by atoms with Gasteiger partial charge in [-0.25, -0.2) is 9.37 Å². The standard InChI is InChI=1S/C15H12FN7O/c16-13(8-3-1-4-9(17)7-8)23-14-12(21-22-23)11(19-15(18)20-14)10-5-2-6-24-10/h1-7,13H,17H2,(H2,18,19,20). The van der Waals surface area contributed by atoms with Crippen LogP contribution in [0.2, 0.25) is 0 Å².